The molecule has 0 heterocycles. The van der Waals surface area contributed by atoms with Gasteiger partial charge in [-0.3, -0.25) is 9.59 Å². The van der Waals surface area contributed by atoms with Crippen LogP contribution in [-0.2, 0) is 0 Å². The van der Waals surface area contributed by atoms with Gasteiger partial charge in [-0.1, -0.05) is 29.3 Å². The number of Topliss-reactive ketones (excluding diaryl/α,β-unsaturated/α-hetero) is 1. The summed E-state index contributed by atoms with van der Waals surface area (Å²) in [6.45, 7) is -0.0764. The van der Waals surface area contributed by atoms with Crippen LogP contribution in [0.15, 0.2) is 48.5 Å². The Kier molecular flexibility index (Phi) is 4.77. The summed E-state index contributed by atoms with van der Waals surface area (Å²) in [7, 11) is 0. The van der Waals surface area contributed by atoms with Crippen molar-refractivity contribution in [3.05, 3.63) is 69.7 Å². The van der Waals surface area contributed by atoms with Crippen LogP contribution in [0.4, 0.5) is 0 Å². The highest BCUT2D eigenvalue weighted by Crippen LogP contribution is 2.11. The maximum Gasteiger partial charge on any atom is 0.251 e. The van der Waals surface area contributed by atoms with E-state index >= 15 is 0 Å². The van der Waals surface area contributed by atoms with Gasteiger partial charge in [0.05, 0.1) is 6.54 Å². The molecule has 2 rings (SSSR count). The van der Waals surface area contributed by atoms with Crippen molar-refractivity contribution >= 4 is 34.9 Å². The molecule has 0 unspecified atom stereocenters. The topological polar surface area (TPSA) is 46.2 Å². The molecule has 0 aliphatic rings. The molecular weight excluding hydrogens is 297 g/mol. The molecule has 3 nitrogen and oxygen atoms in total. The maximum absolute atomic E-state index is 11.9. The largest absolute Gasteiger partial charge is 0.345 e. The zero-order chi connectivity index (χ0) is 14.5. The Morgan fingerprint density at radius 3 is 2.25 bits per heavy atom. The number of amides is 1. The Morgan fingerprint density at radius 2 is 1.60 bits per heavy atom. The Morgan fingerprint density at radius 1 is 0.900 bits per heavy atom. The van der Waals surface area contributed by atoms with Crippen LogP contribution in [0.1, 0.15) is 20.7 Å². The van der Waals surface area contributed by atoms with E-state index in [1.807, 2.05) is 0 Å². The fourth-order valence-electron chi connectivity index (χ4n) is 1.63. The number of carbonyl (C=O) groups excluding carboxylic acids is 2. The third-order valence-corrected chi connectivity index (χ3v) is 3.15. The average Bonchev–Trinajstić information content (AvgIpc) is 2.45. The SMILES string of the molecule is O=C(CNC(=O)c1cccc(Cl)c1)c1ccc(Cl)cc1. The second-order valence-electron chi connectivity index (χ2n) is 4.12. The quantitative estimate of drug-likeness (QED) is 0.877. The predicted octanol–water partition coefficient (Wildman–Crippen LogP) is 3.61. The molecule has 0 radical (unpaired) electrons. The smallest absolute Gasteiger partial charge is 0.251 e. The lowest BCUT2D eigenvalue weighted by atomic mass is 10.1. The molecule has 0 atom stereocenters. The summed E-state index contributed by atoms with van der Waals surface area (Å²) < 4.78 is 0. The van der Waals surface area contributed by atoms with Crippen LogP contribution in [0.3, 0.4) is 0 Å². The van der Waals surface area contributed by atoms with E-state index in [1.165, 1.54) is 0 Å². The summed E-state index contributed by atoms with van der Waals surface area (Å²) in [5.41, 5.74) is 0.919. The van der Waals surface area contributed by atoms with E-state index in [4.69, 9.17) is 23.2 Å². The van der Waals surface area contributed by atoms with Crippen LogP contribution >= 0.6 is 23.2 Å². The molecule has 0 aliphatic heterocycles. The van der Waals surface area contributed by atoms with Gasteiger partial charge in [-0.15, -0.1) is 0 Å². The van der Waals surface area contributed by atoms with Gasteiger partial charge in [0.2, 0.25) is 0 Å². The summed E-state index contributed by atoms with van der Waals surface area (Å²) in [5, 5.41) is 3.59. The van der Waals surface area contributed by atoms with Gasteiger partial charge < -0.3 is 5.32 Å². The van der Waals surface area contributed by atoms with Gasteiger partial charge in [0.15, 0.2) is 5.78 Å². The lowest BCUT2D eigenvalue weighted by Crippen LogP contribution is -2.29. The molecule has 20 heavy (non-hydrogen) atoms. The number of carbonyl (C=O) groups is 2. The molecule has 0 bridgehead atoms. The van der Waals surface area contributed by atoms with Crippen LogP contribution in [0.25, 0.3) is 0 Å². The number of ketones is 1. The standard InChI is InChI=1S/C15H11Cl2NO2/c16-12-6-4-10(5-7-12)14(19)9-18-15(20)11-2-1-3-13(17)8-11/h1-8H,9H2,(H,18,20). The molecule has 102 valence electrons. The highest BCUT2D eigenvalue weighted by atomic mass is 35.5. The Bertz CT molecular complexity index is 639. The molecule has 0 spiro atoms. The van der Waals surface area contributed by atoms with Crippen LogP contribution in [-0.4, -0.2) is 18.2 Å². The lowest BCUT2D eigenvalue weighted by Gasteiger charge is -2.05. The molecule has 2 aromatic rings. The second kappa shape index (κ2) is 6.55. The Hall–Kier alpha value is -1.84. The van der Waals surface area contributed by atoms with Gasteiger partial charge in [-0.25, -0.2) is 0 Å². The first-order valence-corrected chi connectivity index (χ1v) is 6.64. The summed E-state index contributed by atoms with van der Waals surface area (Å²) in [6, 6.07) is 13.0. The number of benzene rings is 2. The monoisotopic (exact) mass is 307 g/mol. The van der Waals surface area contributed by atoms with Crippen molar-refractivity contribution in [1.82, 2.24) is 5.32 Å². The molecule has 1 N–H and O–H groups in total. The zero-order valence-corrected chi connectivity index (χ0v) is 11.9. The number of hydrogen-bond donors (Lipinski definition) is 1. The first kappa shape index (κ1) is 14.6. The van der Waals surface area contributed by atoms with Crippen molar-refractivity contribution in [2.24, 2.45) is 0 Å². The van der Waals surface area contributed by atoms with Gasteiger partial charge in [-0.2, -0.15) is 0 Å². The van der Waals surface area contributed by atoms with Crippen LogP contribution in [0.2, 0.25) is 10.0 Å². The molecule has 0 saturated heterocycles. The van der Waals surface area contributed by atoms with E-state index in [0.29, 0.717) is 21.2 Å². The third-order valence-electron chi connectivity index (χ3n) is 2.66. The average molecular weight is 308 g/mol. The predicted molar refractivity (Wildman–Crippen MR) is 79.6 cm³/mol. The fraction of sp³-hybridized carbons (Fsp3) is 0.0667. The van der Waals surface area contributed by atoms with E-state index in [0.717, 1.165) is 0 Å². The Labute approximate surface area is 126 Å². The molecular formula is C15H11Cl2NO2. The van der Waals surface area contributed by atoms with E-state index in [9.17, 15) is 9.59 Å². The van der Waals surface area contributed by atoms with Crippen molar-refractivity contribution in [3.63, 3.8) is 0 Å². The van der Waals surface area contributed by atoms with Crippen molar-refractivity contribution < 1.29 is 9.59 Å². The molecule has 0 saturated carbocycles. The van der Waals surface area contributed by atoms with Gasteiger partial charge in [0, 0.05) is 21.2 Å². The minimum atomic E-state index is -0.338. The van der Waals surface area contributed by atoms with Crippen molar-refractivity contribution in [2.75, 3.05) is 6.54 Å². The molecule has 0 fully saturated rings. The number of hydrogen-bond acceptors (Lipinski definition) is 2. The molecule has 2 aromatic carbocycles. The highest BCUT2D eigenvalue weighted by Gasteiger charge is 2.10. The van der Waals surface area contributed by atoms with Crippen LogP contribution in [0, 0.1) is 0 Å². The Balaban J connectivity index is 1.96. The van der Waals surface area contributed by atoms with E-state index < -0.39 is 0 Å². The molecule has 0 aromatic heterocycles. The fourth-order valence-corrected chi connectivity index (χ4v) is 1.95. The summed E-state index contributed by atoms with van der Waals surface area (Å²) in [6.07, 6.45) is 0. The molecule has 5 heteroatoms. The van der Waals surface area contributed by atoms with Gasteiger partial charge in [-0.05, 0) is 42.5 Å². The summed E-state index contributed by atoms with van der Waals surface area (Å²) in [5.74, 6) is -0.521. The van der Waals surface area contributed by atoms with E-state index in [-0.39, 0.29) is 18.2 Å². The van der Waals surface area contributed by atoms with Gasteiger partial charge >= 0.3 is 0 Å². The first-order valence-electron chi connectivity index (χ1n) is 5.89. The minimum absolute atomic E-state index is 0.0764. The third kappa shape index (κ3) is 3.83. The number of halogens is 2. The molecule has 0 aliphatic carbocycles. The number of nitrogens with one attached hydrogen (secondary N) is 1. The second-order valence-corrected chi connectivity index (χ2v) is 5.00. The van der Waals surface area contributed by atoms with Crippen molar-refractivity contribution in [3.8, 4) is 0 Å². The number of rotatable bonds is 4. The first-order chi connectivity index (χ1) is 9.56. The maximum atomic E-state index is 11.9. The lowest BCUT2D eigenvalue weighted by molar-refractivity contribution is 0.0904. The van der Waals surface area contributed by atoms with Gasteiger partial charge in [0.25, 0.3) is 5.91 Å². The minimum Gasteiger partial charge on any atom is -0.345 e. The molecule has 1 amide bonds. The van der Waals surface area contributed by atoms with E-state index in [2.05, 4.69) is 5.32 Å². The van der Waals surface area contributed by atoms with Crippen molar-refractivity contribution in [1.29, 1.82) is 0 Å². The van der Waals surface area contributed by atoms with Crippen molar-refractivity contribution in [2.45, 2.75) is 0 Å². The zero-order valence-electron chi connectivity index (χ0n) is 10.4. The summed E-state index contributed by atoms with van der Waals surface area (Å²) in [4.78, 5) is 23.7. The van der Waals surface area contributed by atoms with E-state index in [1.54, 1.807) is 48.5 Å². The van der Waals surface area contributed by atoms with Gasteiger partial charge in [0.1, 0.15) is 0 Å². The highest BCUT2D eigenvalue weighted by molar-refractivity contribution is 6.31. The van der Waals surface area contributed by atoms with Crippen LogP contribution < -0.4 is 5.32 Å². The summed E-state index contributed by atoms with van der Waals surface area (Å²) >= 11 is 11.5. The van der Waals surface area contributed by atoms with Crippen LogP contribution in [0.5, 0.6) is 0 Å². The normalized spacial score (nSPS) is 10.1.